The van der Waals surface area contributed by atoms with Gasteiger partial charge in [-0.3, -0.25) is 13.9 Å². The molecule has 0 saturated heterocycles. The summed E-state index contributed by atoms with van der Waals surface area (Å²) in [6.07, 6.45) is 1.74. The predicted octanol–water partition coefficient (Wildman–Crippen LogP) is 3.54. The molecule has 0 aliphatic rings. The topological polar surface area (TPSA) is 55.6 Å². The molecule has 0 saturated carbocycles. The third-order valence-electron chi connectivity index (χ3n) is 4.00. The second-order valence-corrected chi connectivity index (χ2v) is 5.91. The second kappa shape index (κ2) is 5.58. The van der Waals surface area contributed by atoms with Crippen LogP contribution in [0.1, 0.15) is 5.56 Å². The Morgan fingerprint density at radius 2 is 1.83 bits per heavy atom. The molecule has 0 amide bonds. The lowest BCUT2D eigenvalue weighted by molar-refractivity contribution is 0.897. The SMILES string of the molecule is Cc1cccc2c(=O)ccn(-c3n[nH]c(=S)n3-c3ccccc3)c12. The number of aromatic nitrogens is 4. The highest BCUT2D eigenvalue weighted by molar-refractivity contribution is 7.71. The molecular weight excluding hydrogens is 320 g/mol. The van der Waals surface area contributed by atoms with Gasteiger partial charge in [0.1, 0.15) is 0 Å². The average Bonchev–Trinajstić information content (AvgIpc) is 2.98. The molecule has 2 aromatic heterocycles. The van der Waals surface area contributed by atoms with Crippen molar-refractivity contribution >= 4 is 23.1 Å². The van der Waals surface area contributed by atoms with Gasteiger partial charge in [0.05, 0.1) is 11.2 Å². The average molecular weight is 334 g/mol. The molecule has 2 aromatic carbocycles. The fraction of sp³-hybridized carbons (Fsp3) is 0.0556. The van der Waals surface area contributed by atoms with Crippen molar-refractivity contribution in [1.82, 2.24) is 19.3 Å². The van der Waals surface area contributed by atoms with E-state index >= 15 is 0 Å². The number of para-hydroxylation sites is 2. The van der Waals surface area contributed by atoms with Crippen LogP contribution in [-0.4, -0.2) is 19.3 Å². The minimum absolute atomic E-state index is 0.00894. The molecule has 4 aromatic rings. The highest BCUT2D eigenvalue weighted by Crippen LogP contribution is 2.21. The molecule has 5 nitrogen and oxygen atoms in total. The zero-order valence-corrected chi connectivity index (χ0v) is 13.7. The van der Waals surface area contributed by atoms with E-state index in [4.69, 9.17) is 12.2 Å². The van der Waals surface area contributed by atoms with Crippen LogP contribution in [0.15, 0.2) is 65.6 Å². The van der Waals surface area contributed by atoms with Gasteiger partial charge in [-0.25, -0.2) is 5.10 Å². The monoisotopic (exact) mass is 334 g/mol. The van der Waals surface area contributed by atoms with E-state index in [1.54, 1.807) is 12.3 Å². The summed E-state index contributed by atoms with van der Waals surface area (Å²) in [4.78, 5) is 12.2. The number of pyridine rings is 1. The smallest absolute Gasteiger partial charge is 0.239 e. The van der Waals surface area contributed by atoms with Crippen LogP contribution < -0.4 is 5.43 Å². The molecule has 118 valence electrons. The van der Waals surface area contributed by atoms with Crippen LogP contribution in [0, 0.1) is 11.7 Å². The van der Waals surface area contributed by atoms with Crippen LogP contribution in [0.4, 0.5) is 0 Å². The van der Waals surface area contributed by atoms with Crippen LogP contribution in [-0.2, 0) is 0 Å². The number of nitrogens with zero attached hydrogens (tertiary/aromatic N) is 3. The summed E-state index contributed by atoms with van der Waals surface area (Å²) < 4.78 is 4.24. The molecule has 1 N–H and O–H groups in total. The lowest BCUT2D eigenvalue weighted by Gasteiger charge is -2.13. The molecule has 24 heavy (non-hydrogen) atoms. The summed E-state index contributed by atoms with van der Waals surface area (Å²) in [5.74, 6) is 0.616. The highest BCUT2D eigenvalue weighted by atomic mass is 32.1. The highest BCUT2D eigenvalue weighted by Gasteiger charge is 2.14. The summed E-state index contributed by atoms with van der Waals surface area (Å²) in [6.45, 7) is 1.98. The van der Waals surface area contributed by atoms with Crippen LogP contribution in [0.3, 0.4) is 0 Å². The third-order valence-corrected chi connectivity index (χ3v) is 4.28. The number of hydrogen-bond acceptors (Lipinski definition) is 3. The van der Waals surface area contributed by atoms with E-state index in [0.717, 1.165) is 16.8 Å². The van der Waals surface area contributed by atoms with Gasteiger partial charge in [-0.2, -0.15) is 0 Å². The molecule has 0 unspecified atom stereocenters. The largest absolute Gasteiger partial charge is 0.289 e. The van der Waals surface area contributed by atoms with E-state index in [0.29, 0.717) is 16.1 Å². The van der Waals surface area contributed by atoms with Gasteiger partial charge in [-0.15, -0.1) is 5.10 Å². The Bertz CT molecular complexity index is 1160. The van der Waals surface area contributed by atoms with Gasteiger partial charge >= 0.3 is 0 Å². The normalized spacial score (nSPS) is 11.0. The first kappa shape index (κ1) is 14.6. The molecule has 4 rings (SSSR count). The lowest BCUT2D eigenvalue weighted by atomic mass is 10.1. The van der Waals surface area contributed by atoms with Crippen molar-refractivity contribution in [3.05, 3.63) is 81.4 Å². The van der Waals surface area contributed by atoms with Crippen molar-refractivity contribution in [3.63, 3.8) is 0 Å². The first-order valence-corrected chi connectivity index (χ1v) is 7.92. The zero-order chi connectivity index (χ0) is 16.7. The Labute approximate surface area is 142 Å². The van der Waals surface area contributed by atoms with E-state index in [9.17, 15) is 4.79 Å². The molecule has 0 radical (unpaired) electrons. The Morgan fingerprint density at radius 3 is 2.62 bits per heavy atom. The first-order valence-electron chi connectivity index (χ1n) is 7.51. The molecule has 0 atom stereocenters. The number of aryl methyl sites for hydroxylation is 1. The molecule has 6 heteroatoms. The molecular formula is C18H14N4OS. The molecule has 0 aliphatic heterocycles. The van der Waals surface area contributed by atoms with Crippen molar-refractivity contribution in [3.8, 4) is 11.6 Å². The standard InChI is InChI=1S/C18H14N4OS/c1-12-6-5-9-14-15(23)10-11-21(16(12)14)17-19-20-18(24)22(17)13-7-3-2-4-8-13/h2-11H,1H3,(H,20,24). The molecule has 0 spiro atoms. The Kier molecular flexibility index (Phi) is 3.39. The van der Waals surface area contributed by atoms with Crippen LogP contribution in [0.2, 0.25) is 0 Å². The molecule has 0 fully saturated rings. The van der Waals surface area contributed by atoms with Crippen LogP contribution >= 0.6 is 12.2 Å². The van der Waals surface area contributed by atoms with Crippen molar-refractivity contribution in [2.75, 3.05) is 0 Å². The Hall–Kier alpha value is -2.99. The quantitative estimate of drug-likeness (QED) is 0.571. The van der Waals surface area contributed by atoms with Gasteiger partial charge in [-0.05, 0) is 42.9 Å². The van der Waals surface area contributed by atoms with E-state index in [1.807, 2.05) is 64.6 Å². The van der Waals surface area contributed by atoms with E-state index in [-0.39, 0.29) is 5.43 Å². The lowest BCUT2D eigenvalue weighted by Crippen LogP contribution is -2.12. The summed E-state index contributed by atoms with van der Waals surface area (Å²) in [6, 6.07) is 17.0. The fourth-order valence-electron chi connectivity index (χ4n) is 2.91. The zero-order valence-electron chi connectivity index (χ0n) is 12.9. The molecule has 0 aliphatic carbocycles. The van der Waals surface area contributed by atoms with Gasteiger partial charge in [-0.1, -0.05) is 30.3 Å². The summed E-state index contributed by atoms with van der Waals surface area (Å²) in [7, 11) is 0. The van der Waals surface area contributed by atoms with Gasteiger partial charge in [0.25, 0.3) is 0 Å². The Balaban J connectivity index is 2.10. The van der Waals surface area contributed by atoms with E-state index in [1.165, 1.54) is 0 Å². The van der Waals surface area contributed by atoms with Gasteiger partial charge < -0.3 is 0 Å². The second-order valence-electron chi connectivity index (χ2n) is 5.52. The summed E-state index contributed by atoms with van der Waals surface area (Å²) in [5, 5.41) is 7.90. The van der Waals surface area contributed by atoms with Gasteiger partial charge in [0.2, 0.25) is 10.7 Å². The Morgan fingerprint density at radius 1 is 1.04 bits per heavy atom. The van der Waals surface area contributed by atoms with E-state index < -0.39 is 0 Å². The number of fused-ring (bicyclic) bond motifs is 1. The maximum atomic E-state index is 12.2. The fourth-order valence-corrected chi connectivity index (χ4v) is 3.14. The van der Waals surface area contributed by atoms with Gasteiger partial charge in [0.15, 0.2) is 5.43 Å². The van der Waals surface area contributed by atoms with E-state index in [2.05, 4.69) is 10.2 Å². The molecule has 0 bridgehead atoms. The number of aromatic amines is 1. The minimum atomic E-state index is -0.00894. The van der Waals surface area contributed by atoms with Gasteiger partial charge in [0, 0.05) is 17.6 Å². The number of nitrogens with one attached hydrogen (secondary N) is 1. The minimum Gasteiger partial charge on any atom is -0.289 e. The van der Waals surface area contributed by atoms with Crippen molar-refractivity contribution in [2.24, 2.45) is 0 Å². The van der Waals surface area contributed by atoms with Crippen LogP contribution in [0.25, 0.3) is 22.5 Å². The van der Waals surface area contributed by atoms with Crippen molar-refractivity contribution in [2.45, 2.75) is 6.92 Å². The first-order chi connectivity index (χ1) is 11.7. The maximum Gasteiger partial charge on any atom is 0.239 e. The van der Waals surface area contributed by atoms with Crippen molar-refractivity contribution < 1.29 is 0 Å². The third kappa shape index (κ3) is 2.19. The number of hydrogen-bond donors (Lipinski definition) is 1. The predicted molar refractivity (Wildman–Crippen MR) is 96.6 cm³/mol. The van der Waals surface area contributed by atoms with Crippen LogP contribution in [0.5, 0.6) is 0 Å². The number of benzene rings is 2. The summed E-state index contributed by atoms with van der Waals surface area (Å²) >= 11 is 5.41. The maximum absolute atomic E-state index is 12.2. The molecule has 2 heterocycles. The summed E-state index contributed by atoms with van der Waals surface area (Å²) in [5.41, 5.74) is 2.73. The number of H-pyrrole nitrogens is 1. The van der Waals surface area contributed by atoms with Crippen molar-refractivity contribution in [1.29, 1.82) is 0 Å². The number of rotatable bonds is 2.